The minimum absolute atomic E-state index is 0.0403. The molecule has 25 heavy (non-hydrogen) atoms. The Hall–Kier alpha value is -2.66. The molecule has 0 heterocycles. The number of halogens is 2. The van der Waals surface area contributed by atoms with E-state index in [1.54, 1.807) is 25.1 Å². The second kappa shape index (κ2) is 8.44. The fourth-order valence-corrected chi connectivity index (χ4v) is 2.27. The number of esters is 1. The molecular weight excluding hydrogens is 345 g/mol. The third-order valence-electron chi connectivity index (χ3n) is 3.34. The van der Waals surface area contributed by atoms with Crippen molar-refractivity contribution in [3.8, 4) is 0 Å². The van der Waals surface area contributed by atoms with Crippen LogP contribution in [0.1, 0.15) is 22.8 Å². The third-order valence-corrected chi connectivity index (χ3v) is 3.58. The molecule has 0 saturated carbocycles. The van der Waals surface area contributed by atoms with Crippen molar-refractivity contribution >= 4 is 29.0 Å². The highest BCUT2D eigenvalue weighted by molar-refractivity contribution is 6.31. The van der Waals surface area contributed by atoms with Gasteiger partial charge in [0.1, 0.15) is 12.4 Å². The maximum absolute atomic E-state index is 13.9. The van der Waals surface area contributed by atoms with Crippen LogP contribution in [-0.2, 0) is 9.53 Å². The van der Waals surface area contributed by atoms with Crippen molar-refractivity contribution in [2.24, 2.45) is 0 Å². The lowest BCUT2D eigenvalue weighted by Gasteiger charge is -2.12. The largest absolute Gasteiger partial charge is 0.460 e. The van der Waals surface area contributed by atoms with Crippen LogP contribution in [0.3, 0.4) is 0 Å². The normalized spacial score (nSPS) is 10.2. The maximum Gasteiger partial charge on any atom is 0.333 e. The van der Waals surface area contributed by atoms with E-state index < -0.39 is 17.6 Å². The molecule has 6 heteroatoms. The summed E-state index contributed by atoms with van der Waals surface area (Å²) in [6.07, 6.45) is 0. The van der Waals surface area contributed by atoms with Crippen LogP contribution in [-0.4, -0.2) is 24.9 Å². The standard InChI is InChI=1S/C19H17ClFNO3/c1-12(2)19(24)25-10-9-22-17-8-7-13(20)11-15(17)18(23)14-5-3-4-6-16(14)21/h3-8,11,22H,1,9-10H2,2H3. The van der Waals surface area contributed by atoms with E-state index in [0.717, 1.165) is 0 Å². The highest BCUT2D eigenvalue weighted by Crippen LogP contribution is 2.24. The van der Waals surface area contributed by atoms with Crippen LogP contribution in [0.25, 0.3) is 0 Å². The number of ketones is 1. The van der Waals surface area contributed by atoms with Gasteiger partial charge in [-0.05, 0) is 37.3 Å². The van der Waals surface area contributed by atoms with Gasteiger partial charge >= 0.3 is 5.97 Å². The van der Waals surface area contributed by atoms with E-state index in [0.29, 0.717) is 16.3 Å². The summed E-state index contributed by atoms with van der Waals surface area (Å²) in [5.41, 5.74) is 0.983. The SMILES string of the molecule is C=C(C)C(=O)OCCNc1ccc(Cl)cc1C(=O)c1ccccc1F. The minimum atomic E-state index is -0.603. The van der Waals surface area contributed by atoms with E-state index in [-0.39, 0.29) is 24.3 Å². The van der Waals surface area contributed by atoms with Crippen molar-refractivity contribution in [2.75, 3.05) is 18.5 Å². The van der Waals surface area contributed by atoms with Crippen molar-refractivity contribution in [3.63, 3.8) is 0 Å². The van der Waals surface area contributed by atoms with Gasteiger partial charge in [-0.2, -0.15) is 0 Å². The predicted octanol–water partition coefficient (Wildman–Crippen LogP) is 4.24. The van der Waals surface area contributed by atoms with Crippen molar-refractivity contribution in [2.45, 2.75) is 6.92 Å². The van der Waals surface area contributed by atoms with Crippen molar-refractivity contribution < 1.29 is 18.7 Å². The molecule has 4 nitrogen and oxygen atoms in total. The van der Waals surface area contributed by atoms with Gasteiger partial charge in [-0.1, -0.05) is 30.3 Å². The number of anilines is 1. The number of nitrogens with one attached hydrogen (secondary N) is 1. The molecule has 0 radical (unpaired) electrons. The molecule has 0 unspecified atom stereocenters. The van der Waals surface area contributed by atoms with E-state index in [9.17, 15) is 14.0 Å². The third kappa shape index (κ3) is 4.90. The number of rotatable bonds is 7. The summed E-state index contributed by atoms with van der Waals surface area (Å²) in [4.78, 5) is 24.0. The van der Waals surface area contributed by atoms with Gasteiger partial charge in [-0.25, -0.2) is 9.18 Å². The Balaban J connectivity index is 2.15. The molecule has 0 saturated heterocycles. The Morgan fingerprint density at radius 3 is 2.60 bits per heavy atom. The van der Waals surface area contributed by atoms with Crippen molar-refractivity contribution in [3.05, 3.63) is 76.6 Å². The zero-order valence-electron chi connectivity index (χ0n) is 13.6. The van der Waals surface area contributed by atoms with Gasteiger partial charge in [0.05, 0.1) is 5.56 Å². The van der Waals surface area contributed by atoms with Gasteiger partial charge in [0.15, 0.2) is 5.78 Å². The zero-order valence-corrected chi connectivity index (χ0v) is 14.4. The monoisotopic (exact) mass is 361 g/mol. The summed E-state index contributed by atoms with van der Waals surface area (Å²) in [6.45, 7) is 5.42. The smallest absolute Gasteiger partial charge is 0.333 e. The number of hydrogen-bond donors (Lipinski definition) is 1. The van der Waals surface area contributed by atoms with Gasteiger partial charge in [0, 0.05) is 28.4 Å². The van der Waals surface area contributed by atoms with Gasteiger partial charge in [-0.15, -0.1) is 0 Å². The Bertz CT molecular complexity index is 820. The first-order valence-corrected chi connectivity index (χ1v) is 7.93. The Kier molecular flexibility index (Phi) is 6.31. The van der Waals surface area contributed by atoms with Crippen LogP contribution in [0.4, 0.5) is 10.1 Å². The van der Waals surface area contributed by atoms with Crippen LogP contribution in [0.2, 0.25) is 5.02 Å². The quantitative estimate of drug-likeness (QED) is 0.347. The lowest BCUT2D eigenvalue weighted by Crippen LogP contribution is -2.16. The average molecular weight is 362 g/mol. The number of hydrogen-bond acceptors (Lipinski definition) is 4. The summed E-state index contributed by atoms with van der Waals surface area (Å²) in [7, 11) is 0. The summed E-state index contributed by atoms with van der Waals surface area (Å²) >= 11 is 5.97. The molecule has 0 bridgehead atoms. The first-order valence-electron chi connectivity index (χ1n) is 7.55. The van der Waals surface area contributed by atoms with Gasteiger partial charge in [-0.3, -0.25) is 4.79 Å². The van der Waals surface area contributed by atoms with Crippen molar-refractivity contribution in [1.82, 2.24) is 0 Å². The zero-order chi connectivity index (χ0) is 18.4. The fourth-order valence-electron chi connectivity index (χ4n) is 2.10. The Labute approximate surface area is 150 Å². The second-order valence-corrected chi connectivity index (χ2v) is 5.78. The minimum Gasteiger partial charge on any atom is -0.460 e. The number of carbonyl (C=O) groups is 2. The summed E-state index contributed by atoms with van der Waals surface area (Å²) in [5.74, 6) is -1.57. The molecule has 1 N–H and O–H groups in total. The second-order valence-electron chi connectivity index (χ2n) is 5.34. The maximum atomic E-state index is 13.9. The number of ether oxygens (including phenoxy) is 1. The van der Waals surface area contributed by atoms with E-state index in [2.05, 4.69) is 11.9 Å². The fraction of sp³-hybridized carbons (Fsp3) is 0.158. The molecule has 0 aliphatic carbocycles. The molecule has 0 atom stereocenters. The van der Waals surface area contributed by atoms with Crippen molar-refractivity contribution in [1.29, 1.82) is 0 Å². The van der Waals surface area contributed by atoms with Gasteiger partial charge in [0.25, 0.3) is 0 Å². The van der Waals surface area contributed by atoms with Gasteiger partial charge < -0.3 is 10.1 Å². The van der Waals surface area contributed by atoms with Gasteiger partial charge in [0.2, 0.25) is 0 Å². The van der Waals surface area contributed by atoms with E-state index >= 15 is 0 Å². The van der Waals surface area contributed by atoms with E-state index in [1.165, 1.54) is 24.3 Å². The molecule has 0 aliphatic heterocycles. The molecule has 2 aromatic carbocycles. The molecule has 0 amide bonds. The molecule has 2 rings (SSSR count). The first-order chi connectivity index (χ1) is 11.9. The van der Waals surface area contributed by atoms with Crippen LogP contribution < -0.4 is 5.32 Å². The van der Waals surface area contributed by atoms with E-state index in [1.807, 2.05) is 0 Å². The summed E-state index contributed by atoms with van der Waals surface area (Å²) < 4.78 is 18.9. The lowest BCUT2D eigenvalue weighted by atomic mass is 10.0. The van der Waals surface area contributed by atoms with Crippen LogP contribution in [0.15, 0.2) is 54.6 Å². The molecular formula is C19H17ClFNO3. The molecule has 0 spiro atoms. The topological polar surface area (TPSA) is 55.4 Å². The predicted molar refractivity (Wildman–Crippen MR) is 95.5 cm³/mol. The average Bonchev–Trinajstić information content (AvgIpc) is 2.59. The molecule has 130 valence electrons. The lowest BCUT2D eigenvalue weighted by molar-refractivity contribution is -0.138. The first kappa shape index (κ1) is 18.7. The Morgan fingerprint density at radius 1 is 1.20 bits per heavy atom. The number of benzene rings is 2. The summed E-state index contributed by atoms with van der Waals surface area (Å²) in [5, 5.41) is 3.36. The molecule has 0 aromatic heterocycles. The Morgan fingerprint density at radius 2 is 1.92 bits per heavy atom. The van der Waals surface area contributed by atoms with Crippen LogP contribution >= 0.6 is 11.6 Å². The van der Waals surface area contributed by atoms with E-state index in [4.69, 9.17) is 16.3 Å². The highest BCUT2D eigenvalue weighted by Gasteiger charge is 2.17. The highest BCUT2D eigenvalue weighted by atomic mass is 35.5. The molecule has 2 aromatic rings. The molecule has 0 aliphatic rings. The van der Waals surface area contributed by atoms with Crippen LogP contribution in [0, 0.1) is 5.82 Å². The summed E-state index contributed by atoms with van der Waals surface area (Å²) in [6, 6.07) is 10.4. The van der Waals surface area contributed by atoms with Crippen LogP contribution in [0.5, 0.6) is 0 Å². The number of carbonyl (C=O) groups excluding carboxylic acids is 2. The molecule has 0 fully saturated rings.